The normalized spacial score (nSPS) is 34.8. The van der Waals surface area contributed by atoms with Crippen molar-refractivity contribution in [1.29, 1.82) is 0 Å². The minimum absolute atomic E-state index is 0.0208. The maximum absolute atomic E-state index is 12.6. The smallest absolute Gasteiger partial charge is 0.291 e. The molecular formula is C21H28O3. The predicted molar refractivity (Wildman–Crippen MR) is 96.6 cm³/mol. The third-order valence-electron chi connectivity index (χ3n) is 6.78. The topological polar surface area (TPSA) is 39.4 Å². The van der Waals surface area contributed by atoms with Gasteiger partial charge in [-0.3, -0.25) is 4.79 Å². The van der Waals surface area contributed by atoms with Crippen LogP contribution in [0.15, 0.2) is 32.5 Å². The number of allylic oxidation sites excluding steroid dienone is 4. The third-order valence-corrected chi connectivity index (χ3v) is 6.78. The molecule has 0 unspecified atom stereocenters. The number of hydrogen-bond acceptors (Lipinski definition) is 3. The van der Waals surface area contributed by atoms with E-state index < -0.39 is 0 Å². The fourth-order valence-corrected chi connectivity index (χ4v) is 5.21. The number of hydrogen-bond donors (Lipinski definition) is 0. The molecule has 130 valence electrons. The fraction of sp³-hybridized carbons (Fsp3) is 0.571. The van der Waals surface area contributed by atoms with Crippen LogP contribution in [0.2, 0.25) is 0 Å². The van der Waals surface area contributed by atoms with E-state index in [0.717, 1.165) is 5.76 Å². The summed E-state index contributed by atoms with van der Waals surface area (Å²) in [6.45, 7) is 14.7. The van der Waals surface area contributed by atoms with Crippen molar-refractivity contribution in [2.75, 3.05) is 7.11 Å². The lowest BCUT2D eigenvalue weighted by Crippen LogP contribution is -2.23. The van der Waals surface area contributed by atoms with Gasteiger partial charge in [0.25, 0.3) is 5.95 Å². The SMILES string of the molecule is C/C=C(\C)[C@H]1C(C)=C[C@@]2(C)[C@@H]1[C@]2(C)c1oc(OC)c(C)c(=O)c1C. The average Bonchev–Trinajstić information content (AvgIpc) is 2.86. The van der Waals surface area contributed by atoms with Crippen LogP contribution in [0.3, 0.4) is 0 Å². The summed E-state index contributed by atoms with van der Waals surface area (Å²) in [5.74, 6) is 1.98. The molecular weight excluding hydrogens is 300 g/mol. The van der Waals surface area contributed by atoms with Crippen molar-refractivity contribution >= 4 is 0 Å². The van der Waals surface area contributed by atoms with E-state index in [1.807, 2.05) is 6.92 Å². The molecule has 1 aromatic rings. The van der Waals surface area contributed by atoms with E-state index in [0.29, 0.717) is 28.9 Å². The molecule has 0 spiro atoms. The van der Waals surface area contributed by atoms with Gasteiger partial charge < -0.3 is 9.15 Å². The molecule has 24 heavy (non-hydrogen) atoms. The zero-order valence-electron chi connectivity index (χ0n) is 16.0. The van der Waals surface area contributed by atoms with Crippen LogP contribution in [-0.2, 0) is 5.41 Å². The summed E-state index contributed by atoms with van der Waals surface area (Å²) in [6, 6.07) is 0. The van der Waals surface area contributed by atoms with Gasteiger partial charge in [0.05, 0.1) is 12.7 Å². The molecule has 4 atom stereocenters. The van der Waals surface area contributed by atoms with Gasteiger partial charge in [0.15, 0.2) is 5.43 Å². The van der Waals surface area contributed by atoms with Gasteiger partial charge in [-0.25, -0.2) is 0 Å². The van der Waals surface area contributed by atoms with Gasteiger partial charge in [0, 0.05) is 22.3 Å². The van der Waals surface area contributed by atoms with Crippen LogP contribution in [0.1, 0.15) is 51.5 Å². The highest BCUT2D eigenvalue weighted by Crippen LogP contribution is 2.78. The predicted octanol–water partition coefficient (Wildman–Crippen LogP) is 4.70. The Morgan fingerprint density at radius 1 is 1.25 bits per heavy atom. The van der Waals surface area contributed by atoms with Gasteiger partial charge in [-0.2, -0.15) is 0 Å². The van der Waals surface area contributed by atoms with Gasteiger partial charge in [0.1, 0.15) is 5.76 Å². The van der Waals surface area contributed by atoms with Crippen molar-refractivity contribution in [3.63, 3.8) is 0 Å². The minimum Gasteiger partial charge on any atom is -0.468 e. The van der Waals surface area contributed by atoms with E-state index in [9.17, 15) is 4.79 Å². The molecule has 0 N–H and O–H groups in total. The van der Waals surface area contributed by atoms with Crippen molar-refractivity contribution in [2.45, 2.75) is 53.9 Å². The third kappa shape index (κ3) is 1.81. The lowest BCUT2D eigenvalue weighted by atomic mass is 9.82. The van der Waals surface area contributed by atoms with E-state index in [1.54, 1.807) is 14.0 Å². The van der Waals surface area contributed by atoms with E-state index in [-0.39, 0.29) is 16.3 Å². The maximum atomic E-state index is 12.6. The van der Waals surface area contributed by atoms with Crippen LogP contribution in [-0.4, -0.2) is 7.11 Å². The highest BCUT2D eigenvalue weighted by Gasteiger charge is 2.77. The standard InChI is InChI=1S/C21H28O3/c1-9-11(2)15-12(3)10-20(6)17(15)21(20,7)18-13(4)16(22)14(5)19(23-8)24-18/h9-10,15,17H,1-8H3/b11-9+/t15-,17+,20-,21+/m0/s1. The number of fused-ring (bicyclic) bond motifs is 1. The first-order valence-corrected chi connectivity index (χ1v) is 8.66. The first-order chi connectivity index (χ1) is 11.1. The van der Waals surface area contributed by atoms with E-state index in [2.05, 4.69) is 46.8 Å². The molecule has 1 fully saturated rings. The van der Waals surface area contributed by atoms with Crippen LogP contribution in [0.4, 0.5) is 0 Å². The molecule has 0 aromatic carbocycles. The second-order valence-corrected chi connectivity index (χ2v) is 7.86. The Morgan fingerprint density at radius 3 is 2.42 bits per heavy atom. The van der Waals surface area contributed by atoms with Crippen molar-refractivity contribution in [3.8, 4) is 5.95 Å². The van der Waals surface area contributed by atoms with Gasteiger partial charge in [-0.05, 0) is 40.5 Å². The second kappa shape index (κ2) is 5.11. The van der Waals surface area contributed by atoms with E-state index in [4.69, 9.17) is 9.15 Å². The zero-order valence-corrected chi connectivity index (χ0v) is 16.0. The first-order valence-electron chi connectivity index (χ1n) is 8.66. The van der Waals surface area contributed by atoms with Crippen LogP contribution >= 0.6 is 0 Å². The van der Waals surface area contributed by atoms with E-state index in [1.165, 1.54) is 11.1 Å². The summed E-state index contributed by atoms with van der Waals surface area (Å²) >= 11 is 0. The van der Waals surface area contributed by atoms with Crippen molar-refractivity contribution in [3.05, 3.63) is 50.4 Å². The Bertz CT molecular complexity index is 826. The molecule has 0 radical (unpaired) electrons. The summed E-state index contributed by atoms with van der Waals surface area (Å²) < 4.78 is 11.4. The van der Waals surface area contributed by atoms with Crippen LogP contribution in [0.5, 0.6) is 5.95 Å². The largest absolute Gasteiger partial charge is 0.468 e. The first kappa shape index (κ1) is 17.1. The highest BCUT2D eigenvalue weighted by molar-refractivity contribution is 5.52. The number of rotatable bonds is 3. The molecule has 2 aliphatic rings. The van der Waals surface area contributed by atoms with Crippen molar-refractivity contribution < 1.29 is 9.15 Å². The van der Waals surface area contributed by atoms with E-state index >= 15 is 0 Å². The Kier molecular flexibility index (Phi) is 3.63. The molecule has 2 aliphatic carbocycles. The molecule has 0 aliphatic heterocycles. The maximum Gasteiger partial charge on any atom is 0.291 e. The summed E-state index contributed by atoms with van der Waals surface area (Å²) in [6.07, 6.45) is 4.59. The monoisotopic (exact) mass is 328 g/mol. The minimum atomic E-state index is -0.175. The van der Waals surface area contributed by atoms with Crippen LogP contribution in [0, 0.1) is 31.1 Å². The van der Waals surface area contributed by atoms with Gasteiger partial charge in [-0.1, -0.05) is 37.1 Å². The molecule has 1 saturated carbocycles. The molecule has 1 aromatic heterocycles. The molecule has 3 heteroatoms. The Balaban J connectivity index is 2.19. The number of methoxy groups -OCH3 is 1. The van der Waals surface area contributed by atoms with Crippen LogP contribution in [0.25, 0.3) is 0 Å². The molecule has 0 saturated heterocycles. The van der Waals surface area contributed by atoms with Crippen LogP contribution < -0.4 is 10.2 Å². The molecule has 3 rings (SSSR count). The summed E-state index contributed by atoms with van der Waals surface area (Å²) in [7, 11) is 1.55. The molecule has 0 bridgehead atoms. The second-order valence-electron chi connectivity index (χ2n) is 7.86. The molecule has 1 heterocycles. The summed E-state index contributed by atoms with van der Waals surface area (Å²) in [5, 5.41) is 0. The summed E-state index contributed by atoms with van der Waals surface area (Å²) in [5.41, 5.74) is 3.96. The van der Waals surface area contributed by atoms with Gasteiger partial charge in [0.2, 0.25) is 0 Å². The Hall–Kier alpha value is -1.77. The zero-order chi connectivity index (χ0) is 18.0. The van der Waals surface area contributed by atoms with Crippen molar-refractivity contribution in [1.82, 2.24) is 0 Å². The average molecular weight is 328 g/mol. The fourth-order valence-electron chi connectivity index (χ4n) is 5.21. The molecule has 3 nitrogen and oxygen atoms in total. The lowest BCUT2D eigenvalue weighted by Gasteiger charge is -2.24. The van der Waals surface area contributed by atoms with Gasteiger partial charge in [-0.15, -0.1) is 0 Å². The van der Waals surface area contributed by atoms with Crippen molar-refractivity contribution in [2.24, 2.45) is 17.3 Å². The Labute approximate surface area is 144 Å². The summed E-state index contributed by atoms with van der Waals surface area (Å²) in [4.78, 5) is 12.6. The lowest BCUT2D eigenvalue weighted by molar-refractivity contribution is 0.262. The highest BCUT2D eigenvalue weighted by atomic mass is 16.6. The Morgan fingerprint density at radius 2 is 1.88 bits per heavy atom. The number of ether oxygens (including phenoxy) is 1. The quantitative estimate of drug-likeness (QED) is 0.755. The van der Waals surface area contributed by atoms with Gasteiger partial charge >= 0.3 is 0 Å². The molecule has 0 amide bonds.